The molecule has 1 aromatic heterocycles. The number of aromatic nitrogens is 1. The highest BCUT2D eigenvalue weighted by molar-refractivity contribution is 9.10. The largest absolute Gasteiger partial charge is 0.314 e. The van der Waals surface area contributed by atoms with E-state index in [1.54, 1.807) is 0 Å². The maximum atomic E-state index is 4.38. The first-order chi connectivity index (χ1) is 9.34. The van der Waals surface area contributed by atoms with Crippen molar-refractivity contribution in [2.24, 2.45) is 5.92 Å². The number of halogens is 3. The highest BCUT2D eigenvalue weighted by Gasteiger charge is 2.32. The number of nitrogens with zero attached hydrogens (tertiary/aromatic N) is 2. The SMILES string of the molecule is Brc1cncc([C@H](C2CCCC2)N2CCNCC2)c1.Cl.Cl. The summed E-state index contributed by atoms with van der Waals surface area (Å²) in [6, 6.07) is 2.83. The minimum absolute atomic E-state index is 0. The molecule has 120 valence electrons. The number of rotatable bonds is 3. The average Bonchev–Trinajstić information content (AvgIpc) is 2.94. The van der Waals surface area contributed by atoms with Gasteiger partial charge in [0.25, 0.3) is 0 Å². The lowest BCUT2D eigenvalue weighted by Crippen LogP contribution is -2.46. The van der Waals surface area contributed by atoms with Crippen LogP contribution in [-0.4, -0.2) is 36.1 Å². The molecule has 2 fully saturated rings. The molecule has 0 bridgehead atoms. The molecular formula is C15H24BrCl2N3. The molecule has 6 heteroatoms. The molecule has 1 saturated carbocycles. The summed E-state index contributed by atoms with van der Waals surface area (Å²) in [5.41, 5.74) is 1.39. The van der Waals surface area contributed by atoms with E-state index in [1.807, 2.05) is 6.20 Å². The highest BCUT2D eigenvalue weighted by atomic mass is 79.9. The second-order valence-electron chi connectivity index (χ2n) is 5.71. The van der Waals surface area contributed by atoms with Crippen LogP contribution in [0.2, 0.25) is 0 Å². The van der Waals surface area contributed by atoms with Gasteiger partial charge in [0.15, 0.2) is 0 Å². The molecule has 1 aliphatic carbocycles. The fourth-order valence-corrected chi connectivity index (χ4v) is 3.99. The zero-order valence-electron chi connectivity index (χ0n) is 12.1. The van der Waals surface area contributed by atoms with Crippen molar-refractivity contribution in [3.05, 3.63) is 28.5 Å². The summed E-state index contributed by atoms with van der Waals surface area (Å²) < 4.78 is 1.10. The lowest BCUT2D eigenvalue weighted by molar-refractivity contribution is 0.125. The molecule has 1 N–H and O–H groups in total. The minimum atomic E-state index is 0. The molecule has 2 heterocycles. The molecule has 1 aromatic rings. The first kappa shape index (κ1) is 19.2. The van der Waals surface area contributed by atoms with Gasteiger partial charge in [0.05, 0.1) is 0 Å². The molecule has 1 atom stereocenters. The first-order valence-electron chi connectivity index (χ1n) is 7.40. The maximum absolute atomic E-state index is 4.38. The Labute approximate surface area is 148 Å². The van der Waals surface area contributed by atoms with Crippen molar-refractivity contribution >= 4 is 40.7 Å². The Hall–Kier alpha value is 0.130. The molecule has 1 aliphatic heterocycles. The average molecular weight is 397 g/mol. The topological polar surface area (TPSA) is 28.2 Å². The molecule has 2 aliphatic rings. The second kappa shape index (κ2) is 9.31. The van der Waals surface area contributed by atoms with Gasteiger partial charge in [-0.1, -0.05) is 12.8 Å². The third-order valence-electron chi connectivity index (χ3n) is 4.46. The van der Waals surface area contributed by atoms with E-state index in [4.69, 9.17) is 0 Å². The Morgan fingerprint density at radius 2 is 1.81 bits per heavy atom. The van der Waals surface area contributed by atoms with E-state index >= 15 is 0 Å². The number of pyridine rings is 1. The molecular weight excluding hydrogens is 373 g/mol. The van der Waals surface area contributed by atoms with E-state index in [0.29, 0.717) is 6.04 Å². The van der Waals surface area contributed by atoms with Crippen molar-refractivity contribution in [3.63, 3.8) is 0 Å². The molecule has 3 nitrogen and oxygen atoms in total. The standard InChI is InChI=1S/C15H22BrN3.2ClH/c16-14-9-13(10-18-11-14)15(12-3-1-2-4-12)19-7-5-17-6-8-19;;/h9-12,15,17H,1-8H2;2*1H/t15-;;/m0../s1. The molecule has 0 unspecified atom stereocenters. The van der Waals surface area contributed by atoms with Gasteiger partial charge in [0.1, 0.15) is 0 Å². The van der Waals surface area contributed by atoms with Crippen LogP contribution in [0.3, 0.4) is 0 Å². The highest BCUT2D eigenvalue weighted by Crippen LogP contribution is 2.39. The monoisotopic (exact) mass is 395 g/mol. The van der Waals surface area contributed by atoms with Crippen molar-refractivity contribution in [1.82, 2.24) is 15.2 Å². The van der Waals surface area contributed by atoms with Crippen molar-refractivity contribution in [3.8, 4) is 0 Å². The Bertz CT molecular complexity index is 421. The Balaban J connectivity index is 0.00000110. The lowest BCUT2D eigenvalue weighted by atomic mass is 9.90. The Morgan fingerprint density at radius 3 is 2.43 bits per heavy atom. The number of hydrogen-bond donors (Lipinski definition) is 1. The van der Waals surface area contributed by atoms with Gasteiger partial charge in [0.2, 0.25) is 0 Å². The van der Waals surface area contributed by atoms with E-state index in [2.05, 4.69) is 43.4 Å². The summed E-state index contributed by atoms with van der Waals surface area (Å²) in [4.78, 5) is 7.04. The van der Waals surface area contributed by atoms with Crippen molar-refractivity contribution < 1.29 is 0 Å². The van der Waals surface area contributed by atoms with E-state index in [1.165, 1.54) is 31.2 Å². The number of nitrogens with one attached hydrogen (secondary N) is 1. The Morgan fingerprint density at radius 1 is 1.14 bits per heavy atom. The van der Waals surface area contributed by atoms with Gasteiger partial charge in [-0.2, -0.15) is 0 Å². The van der Waals surface area contributed by atoms with Gasteiger partial charge in [-0.25, -0.2) is 0 Å². The molecule has 0 radical (unpaired) electrons. The third-order valence-corrected chi connectivity index (χ3v) is 4.89. The molecule has 21 heavy (non-hydrogen) atoms. The predicted molar refractivity (Wildman–Crippen MR) is 95.6 cm³/mol. The van der Waals surface area contributed by atoms with Gasteiger partial charge >= 0.3 is 0 Å². The van der Waals surface area contributed by atoms with Gasteiger partial charge in [0, 0.05) is 49.1 Å². The van der Waals surface area contributed by atoms with Crippen LogP contribution in [0.25, 0.3) is 0 Å². The van der Waals surface area contributed by atoms with Crippen molar-refractivity contribution in [1.29, 1.82) is 0 Å². The third kappa shape index (κ3) is 4.80. The summed E-state index contributed by atoms with van der Waals surface area (Å²) in [5.74, 6) is 0.814. The maximum Gasteiger partial charge on any atom is 0.0410 e. The van der Waals surface area contributed by atoms with Crippen LogP contribution in [-0.2, 0) is 0 Å². The predicted octanol–water partition coefficient (Wildman–Crippen LogP) is 3.82. The fraction of sp³-hybridized carbons (Fsp3) is 0.667. The molecule has 3 rings (SSSR count). The summed E-state index contributed by atoms with van der Waals surface area (Å²) in [6.45, 7) is 4.55. The quantitative estimate of drug-likeness (QED) is 0.841. The number of piperazine rings is 1. The zero-order chi connectivity index (χ0) is 13.1. The van der Waals surface area contributed by atoms with E-state index in [0.717, 1.165) is 36.6 Å². The number of hydrogen-bond acceptors (Lipinski definition) is 3. The molecule has 0 amide bonds. The van der Waals surface area contributed by atoms with E-state index < -0.39 is 0 Å². The van der Waals surface area contributed by atoms with Crippen LogP contribution in [0, 0.1) is 5.92 Å². The van der Waals surface area contributed by atoms with E-state index in [9.17, 15) is 0 Å². The summed E-state index contributed by atoms with van der Waals surface area (Å²) in [6.07, 6.45) is 9.49. The van der Waals surface area contributed by atoms with E-state index in [-0.39, 0.29) is 24.8 Å². The van der Waals surface area contributed by atoms with Gasteiger partial charge in [-0.15, -0.1) is 24.8 Å². The summed E-state index contributed by atoms with van der Waals surface area (Å²) in [5, 5.41) is 3.46. The van der Waals surface area contributed by atoms with Gasteiger partial charge < -0.3 is 5.32 Å². The molecule has 0 aromatic carbocycles. The normalized spacial score (nSPS) is 21.4. The fourth-order valence-electron chi connectivity index (χ4n) is 3.60. The van der Waals surface area contributed by atoms with Crippen LogP contribution in [0.5, 0.6) is 0 Å². The van der Waals surface area contributed by atoms with Crippen LogP contribution in [0.15, 0.2) is 22.9 Å². The van der Waals surface area contributed by atoms with Crippen LogP contribution < -0.4 is 5.32 Å². The lowest BCUT2D eigenvalue weighted by Gasteiger charge is -2.38. The van der Waals surface area contributed by atoms with Crippen LogP contribution >= 0.6 is 40.7 Å². The zero-order valence-corrected chi connectivity index (χ0v) is 15.4. The Kier molecular flexibility index (Phi) is 8.50. The molecule has 1 saturated heterocycles. The van der Waals surface area contributed by atoms with Crippen LogP contribution in [0.1, 0.15) is 37.3 Å². The summed E-state index contributed by atoms with van der Waals surface area (Å²) >= 11 is 3.57. The molecule has 0 spiro atoms. The minimum Gasteiger partial charge on any atom is -0.314 e. The second-order valence-corrected chi connectivity index (χ2v) is 6.63. The first-order valence-corrected chi connectivity index (χ1v) is 8.19. The smallest absolute Gasteiger partial charge is 0.0410 e. The van der Waals surface area contributed by atoms with Gasteiger partial charge in [-0.3, -0.25) is 9.88 Å². The van der Waals surface area contributed by atoms with Crippen LogP contribution in [0.4, 0.5) is 0 Å². The summed E-state index contributed by atoms with van der Waals surface area (Å²) in [7, 11) is 0. The van der Waals surface area contributed by atoms with Crippen molar-refractivity contribution in [2.45, 2.75) is 31.7 Å². The van der Waals surface area contributed by atoms with Crippen molar-refractivity contribution in [2.75, 3.05) is 26.2 Å². The van der Waals surface area contributed by atoms with Gasteiger partial charge in [-0.05, 0) is 46.3 Å².